The maximum absolute atomic E-state index is 9.44. The second kappa shape index (κ2) is 11.4. The molecule has 0 aliphatic carbocycles. The first-order chi connectivity index (χ1) is 13.6. The molecule has 0 radical (unpaired) electrons. The number of aromatic nitrogens is 6. The topological polar surface area (TPSA) is 94.5 Å². The van der Waals surface area contributed by atoms with E-state index in [1.165, 1.54) is 33.3 Å². The van der Waals surface area contributed by atoms with Gasteiger partial charge in [0.15, 0.2) is 11.3 Å². The molecular weight excluding hydrogens is 368 g/mol. The highest BCUT2D eigenvalue weighted by Crippen LogP contribution is 2.12. The van der Waals surface area contributed by atoms with E-state index >= 15 is 0 Å². The molecule has 0 atom stereocenters. The van der Waals surface area contributed by atoms with E-state index in [0.29, 0.717) is 0 Å². The van der Waals surface area contributed by atoms with E-state index < -0.39 is 0 Å². The number of hydrogen-bond acceptors (Lipinski definition) is 6. The van der Waals surface area contributed by atoms with Crippen molar-refractivity contribution in [2.75, 3.05) is 0 Å². The third-order valence-electron chi connectivity index (χ3n) is 3.34. The second-order valence-corrected chi connectivity index (χ2v) is 6.60. The lowest BCUT2D eigenvalue weighted by Crippen LogP contribution is -1.94. The largest absolute Gasteiger partial charge is 0.300 e. The average molecular weight is 399 g/mol. The molecule has 0 unspecified atom stereocenters. The smallest absolute Gasteiger partial charge is 0.158 e. The van der Waals surface area contributed by atoms with Crippen LogP contribution in [0.4, 0.5) is 0 Å². The summed E-state index contributed by atoms with van der Waals surface area (Å²) >= 11 is 0. The van der Waals surface area contributed by atoms with Gasteiger partial charge in [-0.25, -0.2) is 19.0 Å². The van der Waals surface area contributed by atoms with Crippen LogP contribution in [0.1, 0.15) is 46.1 Å². The molecule has 0 N–H and O–H groups in total. The fourth-order valence-corrected chi connectivity index (χ4v) is 2.04. The molecule has 4 heterocycles. The molecule has 8 heteroatoms. The standard InChI is InChI=1S/C9H11N3.C6H5N3.2C3H6O.H2/c1-6-4-5-10-9-7(2)8(3)11-12(6)9;1-3-7-6-2-4-8-9(6)5-1;2*1-3(2)4;/h4-5H,1-3H3;1-5H;2*1-2H3;1H. The molecule has 156 valence electrons. The summed E-state index contributed by atoms with van der Waals surface area (Å²) in [6.45, 7) is 12.2. The van der Waals surface area contributed by atoms with Crippen molar-refractivity contribution in [3.63, 3.8) is 0 Å². The first-order valence-corrected chi connectivity index (χ1v) is 9.09. The van der Waals surface area contributed by atoms with Crippen LogP contribution in [0, 0.1) is 20.8 Å². The first-order valence-electron chi connectivity index (χ1n) is 9.09. The normalized spacial score (nSPS) is 9.48. The molecule has 0 bridgehead atoms. The van der Waals surface area contributed by atoms with Crippen molar-refractivity contribution in [2.45, 2.75) is 48.5 Å². The number of nitrogens with zero attached hydrogens (tertiary/aromatic N) is 6. The summed E-state index contributed by atoms with van der Waals surface area (Å²) < 4.78 is 3.60. The second-order valence-electron chi connectivity index (χ2n) is 6.60. The summed E-state index contributed by atoms with van der Waals surface area (Å²) in [5.74, 6) is 0.333. The van der Waals surface area contributed by atoms with Crippen LogP contribution in [0.15, 0.2) is 43.0 Å². The van der Waals surface area contributed by atoms with Crippen molar-refractivity contribution in [2.24, 2.45) is 0 Å². The van der Waals surface area contributed by atoms with Crippen molar-refractivity contribution in [3.05, 3.63) is 59.9 Å². The van der Waals surface area contributed by atoms with E-state index in [-0.39, 0.29) is 13.0 Å². The predicted octanol–water partition coefficient (Wildman–Crippen LogP) is 3.82. The number of carbonyl (C=O) groups excluding carboxylic acids is 2. The van der Waals surface area contributed by atoms with E-state index in [2.05, 4.69) is 20.2 Å². The summed E-state index contributed by atoms with van der Waals surface area (Å²) in [6, 6.07) is 5.67. The van der Waals surface area contributed by atoms with Crippen LogP contribution < -0.4 is 0 Å². The number of carbonyl (C=O) groups is 2. The number of aryl methyl sites for hydroxylation is 3. The minimum atomic E-state index is 0. The lowest BCUT2D eigenvalue weighted by atomic mass is 10.3. The Bertz CT molecular complexity index is 1040. The Hall–Kier alpha value is -3.42. The van der Waals surface area contributed by atoms with Crippen LogP contribution in [0.2, 0.25) is 0 Å². The van der Waals surface area contributed by atoms with Crippen molar-refractivity contribution >= 4 is 22.9 Å². The van der Waals surface area contributed by atoms with Gasteiger partial charge in [-0.3, -0.25) is 0 Å². The maximum Gasteiger partial charge on any atom is 0.158 e. The predicted molar refractivity (Wildman–Crippen MR) is 115 cm³/mol. The van der Waals surface area contributed by atoms with Gasteiger partial charge in [0.05, 0.1) is 11.9 Å². The van der Waals surface area contributed by atoms with Gasteiger partial charge in [-0.2, -0.15) is 10.2 Å². The van der Waals surface area contributed by atoms with Crippen LogP contribution >= 0.6 is 0 Å². The Morgan fingerprint density at radius 2 is 1.52 bits per heavy atom. The molecule has 0 amide bonds. The zero-order valence-corrected chi connectivity index (χ0v) is 18.0. The molecule has 0 saturated carbocycles. The highest BCUT2D eigenvalue weighted by Gasteiger charge is 2.05. The van der Waals surface area contributed by atoms with E-state index in [1.807, 2.05) is 55.9 Å². The fourth-order valence-electron chi connectivity index (χ4n) is 2.04. The van der Waals surface area contributed by atoms with Gasteiger partial charge in [0, 0.05) is 37.3 Å². The third-order valence-corrected chi connectivity index (χ3v) is 3.34. The summed E-state index contributed by atoms with van der Waals surface area (Å²) in [5, 5.41) is 8.34. The Morgan fingerprint density at radius 3 is 2.07 bits per heavy atom. The van der Waals surface area contributed by atoms with Gasteiger partial charge in [-0.1, -0.05) is 0 Å². The van der Waals surface area contributed by atoms with Crippen LogP contribution in [-0.2, 0) is 9.59 Å². The summed E-state index contributed by atoms with van der Waals surface area (Å²) in [4.78, 5) is 27.2. The number of ketones is 2. The quantitative estimate of drug-likeness (QED) is 0.447. The maximum atomic E-state index is 9.44. The number of rotatable bonds is 0. The van der Waals surface area contributed by atoms with E-state index in [1.54, 1.807) is 16.9 Å². The molecule has 4 aromatic heterocycles. The van der Waals surface area contributed by atoms with Crippen LogP contribution in [-0.4, -0.2) is 40.8 Å². The zero-order valence-electron chi connectivity index (χ0n) is 18.0. The van der Waals surface area contributed by atoms with Gasteiger partial charge >= 0.3 is 0 Å². The van der Waals surface area contributed by atoms with Gasteiger partial charge in [0.25, 0.3) is 0 Å². The molecule has 4 rings (SSSR count). The summed E-state index contributed by atoms with van der Waals surface area (Å²) in [5.41, 5.74) is 5.19. The molecule has 4 aromatic rings. The van der Waals surface area contributed by atoms with E-state index in [0.717, 1.165) is 22.7 Å². The van der Waals surface area contributed by atoms with Gasteiger partial charge in [-0.15, -0.1) is 0 Å². The highest BCUT2D eigenvalue weighted by atomic mass is 16.1. The molecular formula is C21H30N6O2. The molecule has 0 spiro atoms. The molecule has 8 nitrogen and oxygen atoms in total. The Kier molecular flexibility index (Phi) is 9.31. The minimum Gasteiger partial charge on any atom is -0.300 e. The van der Waals surface area contributed by atoms with Crippen molar-refractivity contribution in [1.29, 1.82) is 0 Å². The molecule has 29 heavy (non-hydrogen) atoms. The summed E-state index contributed by atoms with van der Waals surface area (Å²) in [7, 11) is 0. The third kappa shape index (κ3) is 8.00. The molecule has 0 aromatic carbocycles. The summed E-state index contributed by atoms with van der Waals surface area (Å²) in [6.07, 6.45) is 7.15. The van der Waals surface area contributed by atoms with Crippen LogP contribution in [0.5, 0.6) is 0 Å². The van der Waals surface area contributed by atoms with Gasteiger partial charge in [0.1, 0.15) is 11.6 Å². The monoisotopic (exact) mass is 398 g/mol. The Labute approximate surface area is 172 Å². The molecule has 0 aliphatic heterocycles. The Morgan fingerprint density at radius 1 is 0.897 bits per heavy atom. The van der Waals surface area contributed by atoms with E-state index in [9.17, 15) is 9.59 Å². The first kappa shape index (κ1) is 23.6. The number of Topliss-reactive ketones (excluding diaryl/α,β-unsaturated/α-hetero) is 2. The van der Waals surface area contributed by atoms with Crippen molar-refractivity contribution in [1.82, 2.24) is 29.2 Å². The highest BCUT2D eigenvalue weighted by molar-refractivity contribution is 5.72. The SMILES string of the molecule is CC(C)=O.CC(C)=O.Cc1nn2c(C)ccnc2c1C.[HH].c1cnc2ccnn2c1. The number of fused-ring (bicyclic) bond motifs is 2. The molecule has 0 saturated heterocycles. The number of hydrogen-bond donors (Lipinski definition) is 0. The lowest BCUT2D eigenvalue weighted by molar-refractivity contribution is -0.115. The lowest BCUT2D eigenvalue weighted by Gasteiger charge is -1.95. The molecule has 0 aliphatic rings. The van der Waals surface area contributed by atoms with Crippen molar-refractivity contribution < 1.29 is 11.0 Å². The zero-order chi connectivity index (χ0) is 22.0. The minimum absolute atomic E-state index is 0. The van der Waals surface area contributed by atoms with Crippen LogP contribution in [0.25, 0.3) is 11.3 Å². The Balaban J connectivity index is 0.000000414. The van der Waals surface area contributed by atoms with Gasteiger partial charge in [0.2, 0.25) is 0 Å². The van der Waals surface area contributed by atoms with E-state index in [4.69, 9.17) is 0 Å². The van der Waals surface area contributed by atoms with Crippen LogP contribution in [0.3, 0.4) is 0 Å². The average Bonchev–Trinajstić information content (AvgIpc) is 3.21. The van der Waals surface area contributed by atoms with Gasteiger partial charge in [-0.05, 0) is 60.6 Å². The van der Waals surface area contributed by atoms with Crippen molar-refractivity contribution in [3.8, 4) is 0 Å². The molecule has 0 fully saturated rings. The fraction of sp³-hybridized carbons (Fsp3) is 0.333. The van der Waals surface area contributed by atoms with Gasteiger partial charge < -0.3 is 9.59 Å².